The summed E-state index contributed by atoms with van der Waals surface area (Å²) in [6.45, 7) is 1.91. The molecule has 0 aliphatic rings. The van der Waals surface area contributed by atoms with Crippen LogP contribution in [-0.2, 0) is 14.3 Å². The highest BCUT2D eigenvalue weighted by Gasteiger charge is 2.16. The van der Waals surface area contributed by atoms with Crippen molar-refractivity contribution in [3.05, 3.63) is 29.8 Å². The van der Waals surface area contributed by atoms with E-state index in [-0.39, 0.29) is 18.6 Å². The number of hydrogen-bond donors (Lipinski definition) is 0. The van der Waals surface area contributed by atoms with Crippen LogP contribution in [-0.4, -0.2) is 39.2 Å². The minimum absolute atomic E-state index is 0.116. The van der Waals surface area contributed by atoms with Gasteiger partial charge in [-0.25, -0.2) is 4.79 Å². The summed E-state index contributed by atoms with van der Waals surface area (Å²) >= 11 is 0. The third-order valence-electron chi connectivity index (χ3n) is 2.91. The molecule has 1 rings (SSSR count). The molecule has 0 amide bonds. The highest BCUT2D eigenvalue weighted by atomic mass is 16.6. The molecule has 0 saturated heterocycles. The van der Waals surface area contributed by atoms with E-state index in [1.807, 2.05) is 0 Å². The van der Waals surface area contributed by atoms with Gasteiger partial charge in [0.05, 0.1) is 18.8 Å². The SMILES string of the molecule is COc1cccc(C(=O)OCC(CC(C)C=O)OC)c1. The topological polar surface area (TPSA) is 61.8 Å². The summed E-state index contributed by atoms with van der Waals surface area (Å²) in [5, 5.41) is 0. The fourth-order valence-electron chi connectivity index (χ4n) is 1.70. The zero-order valence-corrected chi connectivity index (χ0v) is 12.0. The van der Waals surface area contributed by atoms with Crippen molar-refractivity contribution in [1.29, 1.82) is 0 Å². The minimum Gasteiger partial charge on any atom is -0.497 e. The van der Waals surface area contributed by atoms with E-state index in [2.05, 4.69) is 0 Å². The van der Waals surface area contributed by atoms with E-state index in [1.54, 1.807) is 31.2 Å². The lowest BCUT2D eigenvalue weighted by Gasteiger charge is -2.16. The number of hydrogen-bond acceptors (Lipinski definition) is 5. The van der Waals surface area contributed by atoms with Crippen LogP contribution in [0.5, 0.6) is 5.75 Å². The molecule has 1 aromatic carbocycles. The maximum Gasteiger partial charge on any atom is 0.338 e. The van der Waals surface area contributed by atoms with Gasteiger partial charge in [-0.15, -0.1) is 0 Å². The van der Waals surface area contributed by atoms with E-state index >= 15 is 0 Å². The Morgan fingerprint density at radius 2 is 2.10 bits per heavy atom. The fraction of sp³-hybridized carbons (Fsp3) is 0.467. The smallest absolute Gasteiger partial charge is 0.338 e. The van der Waals surface area contributed by atoms with Crippen LogP contribution < -0.4 is 4.74 Å². The average Bonchev–Trinajstić information content (AvgIpc) is 2.50. The van der Waals surface area contributed by atoms with Gasteiger partial charge in [-0.2, -0.15) is 0 Å². The monoisotopic (exact) mass is 280 g/mol. The molecule has 0 aromatic heterocycles. The van der Waals surface area contributed by atoms with Gasteiger partial charge in [0.15, 0.2) is 0 Å². The molecule has 0 saturated carbocycles. The zero-order valence-electron chi connectivity index (χ0n) is 12.0. The standard InChI is InChI=1S/C15H20O5/c1-11(9-16)7-14(19-3)10-20-15(17)12-5-4-6-13(8-12)18-2/h4-6,8-9,11,14H,7,10H2,1-3H3. The molecule has 0 aliphatic heterocycles. The number of carbonyl (C=O) groups is 2. The van der Waals surface area contributed by atoms with E-state index in [1.165, 1.54) is 14.2 Å². The molecule has 110 valence electrons. The number of esters is 1. The summed E-state index contributed by atoms with van der Waals surface area (Å²) in [5.41, 5.74) is 0.419. The van der Waals surface area contributed by atoms with Crippen LogP contribution in [0.4, 0.5) is 0 Å². The van der Waals surface area contributed by atoms with Crippen molar-refractivity contribution in [1.82, 2.24) is 0 Å². The van der Waals surface area contributed by atoms with Crippen molar-refractivity contribution in [3.63, 3.8) is 0 Å². The first kappa shape index (κ1) is 16.2. The number of ether oxygens (including phenoxy) is 3. The lowest BCUT2D eigenvalue weighted by Crippen LogP contribution is -2.23. The Labute approximate surface area is 118 Å². The first-order chi connectivity index (χ1) is 9.60. The molecule has 0 bridgehead atoms. The van der Waals surface area contributed by atoms with Crippen molar-refractivity contribution in [2.75, 3.05) is 20.8 Å². The molecule has 0 N–H and O–H groups in total. The molecule has 1 aromatic rings. The normalized spacial score (nSPS) is 13.3. The van der Waals surface area contributed by atoms with Crippen LogP contribution in [0.15, 0.2) is 24.3 Å². The lowest BCUT2D eigenvalue weighted by molar-refractivity contribution is -0.111. The van der Waals surface area contributed by atoms with E-state index in [0.29, 0.717) is 17.7 Å². The number of benzene rings is 1. The van der Waals surface area contributed by atoms with Crippen LogP contribution in [0.25, 0.3) is 0 Å². The van der Waals surface area contributed by atoms with Gasteiger partial charge in [-0.05, 0) is 24.6 Å². The van der Waals surface area contributed by atoms with Crippen LogP contribution in [0.3, 0.4) is 0 Å². The molecule has 0 spiro atoms. The molecule has 20 heavy (non-hydrogen) atoms. The van der Waals surface area contributed by atoms with Crippen molar-refractivity contribution < 1.29 is 23.8 Å². The van der Waals surface area contributed by atoms with Gasteiger partial charge in [-0.3, -0.25) is 0 Å². The Morgan fingerprint density at radius 1 is 1.35 bits per heavy atom. The fourth-order valence-corrected chi connectivity index (χ4v) is 1.70. The van der Waals surface area contributed by atoms with Crippen molar-refractivity contribution in [3.8, 4) is 5.75 Å². The highest BCUT2D eigenvalue weighted by Crippen LogP contribution is 2.14. The molecular formula is C15H20O5. The van der Waals surface area contributed by atoms with Gasteiger partial charge >= 0.3 is 5.97 Å². The number of carbonyl (C=O) groups excluding carboxylic acids is 2. The summed E-state index contributed by atoms with van der Waals surface area (Å²) < 4.78 is 15.4. The Balaban J connectivity index is 2.54. The van der Waals surface area contributed by atoms with Crippen molar-refractivity contribution in [2.24, 2.45) is 5.92 Å². The van der Waals surface area contributed by atoms with E-state index < -0.39 is 5.97 Å². The largest absolute Gasteiger partial charge is 0.497 e. The van der Waals surface area contributed by atoms with Gasteiger partial charge < -0.3 is 19.0 Å². The second-order valence-corrected chi connectivity index (χ2v) is 4.54. The second-order valence-electron chi connectivity index (χ2n) is 4.54. The molecule has 0 fully saturated rings. The molecule has 0 heterocycles. The van der Waals surface area contributed by atoms with Crippen LogP contribution in [0, 0.1) is 5.92 Å². The van der Waals surface area contributed by atoms with Crippen LogP contribution >= 0.6 is 0 Å². The third kappa shape index (κ3) is 5.01. The molecule has 2 atom stereocenters. The van der Waals surface area contributed by atoms with Gasteiger partial charge in [0, 0.05) is 13.0 Å². The average molecular weight is 280 g/mol. The highest BCUT2D eigenvalue weighted by molar-refractivity contribution is 5.89. The van der Waals surface area contributed by atoms with Gasteiger partial charge in [0.1, 0.15) is 18.6 Å². The van der Waals surface area contributed by atoms with Gasteiger partial charge in [0.25, 0.3) is 0 Å². The summed E-state index contributed by atoms with van der Waals surface area (Å²) in [4.78, 5) is 22.5. The summed E-state index contributed by atoms with van der Waals surface area (Å²) in [6, 6.07) is 6.73. The van der Waals surface area contributed by atoms with Gasteiger partial charge in [0.2, 0.25) is 0 Å². The Morgan fingerprint density at radius 3 is 2.70 bits per heavy atom. The Kier molecular flexibility index (Phi) is 6.73. The minimum atomic E-state index is -0.440. The van der Waals surface area contributed by atoms with E-state index in [4.69, 9.17) is 14.2 Å². The number of rotatable bonds is 8. The van der Waals surface area contributed by atoms with Crippen LogP contribution in [0.1, 0.15) is 23.7 Å². The Hall–Kier alpha value is -1.88. The zero-order chi connectivity index (χ0) is 15.0. The second kappa shape index (κ2) is 8.32. The van der Waals surface area contributed by atoms with Crippen LogP contribution in [0.2, 0.25) is 0 Å². The maximum absolute atomic E-state index is 11.9. The predicted molar refractivity (Wildman–Crippen MR) is 73.9 cm³/mol. The van der Waals surface area contributed by atoms with Crippen molar-refractivity contribution >= 4 is 12.3 Å². The summed E-state index contributed by atoms with van der Waals surface area (Å²) in [6.07, 6.45) is 1.09. The summed E-state index contributed by atoms with van der Waals surface area (Å²) in [7, 11) is 3.06. The maximum atomic E-state index is 11.9. The summed E-state index contributed by atoms with van der Waals surface area (Å²) in [5.74, 6) is 0.0255. The lowest BCUT2D eigenvalue weighted by atomic mass is 10.1. The molecule has 5 heteroatoms. The van der Waals surface area contributed by atoms with E-state index in [9.17, 15) is 9.59 Å². The molecule has 0 aliphatic carbocycles. The first-order valence-electron chi connectivity index (χ1n) is 6.40. The van der Waals surface area contributed by atoms with E-state index in [0.717, 1.165) is 6.29 Å². The Bertz CT molecular complexity index is 444. The molecule has 5 nitrogen and oxygen atoms in total. The van der Waals surface area contributed by atoms with Gasteiger partial charge in [-0.1, -0.05) is 13.0 Å². The molecular weight excluding hydrogens is 260 g/mol. The predicted octanol–water partition coefficient (Wildman–Crippen LogP) is 2.09. The molecule has 0 radical (unpaired) electrons. The number of methoxy groups -OCH3 is 2. The molecule has 2 unspecified atom stereocenters. The first-order valence-corrected chi connectivity index (χ1v) is 6.40. The number of aldehydes is 1. The van der Waals surface area contributed by atoms with Crippen molar-refractivity contribution in [2.45, 2.75) is 19.4 Å². The third-order valence-corrected chi connectivity index (χ3v) is 2.91. The quantitative estimate of drug-likeness (QED) is 0.539.